The van der Waals surface area contributed by atoms with Crippen molar-refractivity contribution in [2.75, 3.05) is 57.1 Å². The molecule has 1 saturated heterocycles. The molecule has 2 aliphatic rings. The van der Waals surface area contributed by atoms with E-state index < -0.39 is 18.8 Å². The van der Waals surface area contributed by atoms with Gasteiger partial charge < -0.3 is 25.2 Å². The van der Waals surface area contributed by atoms with Gasteiger partial charge in [0.15, 0.2) is 11.5 Å². The maximum Gasteiger partial charge on any atom is 0.408 e. The van der Waals surface area contributed by atoms with Crippen molar-refractivity contribution in [2.24, 2.45) is 0 Å². The zero-order valence-corrected chi connectivity index (χ0v) is 24.5. The van der Waals surface area contributed by atoms with Crippen molar-refractivity contribution in [3.8, 4) is 11.4 Å². The molecule has 6 rings (SSSR count). The summed E-state index contributed by atoms with van der Waals surface area (Å²) in [5, 5.41) is 9.89. The third-order valence-corrected chi connectivity index (χ3v) is 7.67. The van der Waals surface area contributed by atoms with Gasteiger partial charge in [-0.3, -0.25) is 4.79 Å². The van der Waals surface area contributed by atoms with Crippen LogP contribution >= 0.6 is 0 Å². The number of carbonyl (C=O) groups excluding carboxylic acids is 2. The van der Waals surface area contributed by atoms with Gasteiger partial charge in [-0.2, -0.15) is 18.3 Å². The van der Waals surface area contributed by atoms with Crippen LogP contribution in [0.1, 0.15) is 22.5 Å². The minimum atomic E-state index is -4.47. The van der Waals surface area contributed by atoms with E-state index in [-0.39, 0.29) is 17.4 Å². The molecule has 0 bridgehead atoms. The highest BCUT2D eigenvalue weighted by Gasteiger charge is 2.30. The summed E-state index contributed by atoms with van der Waals surface area (Å²) in [6.45, 7) is 2.60. The van der Waals surface area contributed by atoms with Crippen LogP contribution in [-0.4, -0.2) is 94.1 Å². The Labute approximate surface area is 256 Å². The number of anilines is 2. The maximum absolute atomic E-state index is 13.3. The lowest BCUT2D eigenvalue weighted by Gasteiger charge is -2.32. The highest BCUT2D eigenvalue weighted by molar-refractivity contribution is 6.00. The predicted molar refractivity (Wildman–Crippen MR) is 163 cm³/mol. The van der Waals surface area contributed by atoms with E-state index in [1.807, 2.05) is 18.0 Å². The zero-order chi connectivity index (χ0) is 31.6. The van der Waals surface area contributed by atoms with Crippen molar-refractivity contribution in [1.82, 2.24) is 29.5 Å². The van der Waals surface area contributed by atoms with Crippen LogP contribution in [0.2, 0.25) is 0 Å². The molecule has 2 aromatic carbocycles. The topological polar surface area (TPSA) is 118 Å². The van der Waals surface area contributed by atoms with E-state index in [1.54, 1.807) is 48.5 Å². The van der Waals surface area contributed by atoms with Gasteiger partial charge in [-0.1, -0.05) is 6.08 Å². The van der Waals surface area contributed by atoms with Gasteiger partial charge >= 0.3 is 12.2 Å². The van der Waals surface area contributed by atoms with E-state index in [1.165, 1.54) is 6.20 Å². The summed E-state index contributed by atoms with van der Waals surface area (Å²) in [6.07, 6.45) is -0.689. The molecular weight excluding hydrogens is 589 g/mol. The average Bonchev–Trinajstić information content (AvgIpc) is 3.43. The molecule has 4 aromatic rings. The van der Waals surface area contributed by atoms with Crippen molar-refractivity contribution in [1.29, 1.82) is 0 Å². The number of hydrogen-bond donors (Lipinski definition) is 2. The molecule has 2 aliphatic heterocycles. The Morgan fingerprint density at radius 1 is 0.933 bits per heavy atom. The summed E-state index contributed by atoms with van der Waals surface area (Å²) in [5.74, 6) is 0.194. The van der Waals surface area contributed by atoms with Crippen molar-refractivity contribution >= 4 is 39.9 Å². The SMILES string of the molecule is CN1CCN(C(=O)c2ccc(NC(=O)Nc3ccc(-c4nc(C5=CCOCC5)c5cnn(CC(F)(F)F)c5n4)cc3)cc2)CC1. The number of fused-ring (bicyclic) bond motifs is 1. The van der Waals surface area contributed by atoms with E-state index in [9.17, 15) is 22.8 Å². The predicted octanol–water partition coefficient (Wildman–Crippen LogP) is 4.89. The molecule has 0 spiro atoms. The third kappa shape index (κ3) is 7.13. The summed E-state index contributed by atoms with van der Waals surface area (Å²) >= 11 is 0. The van der Waals surface area contributed by atoms with E-state index in [4.69, 9.17) is 9.72 Å². The molecular formula is C31H31F3N8O3. The number of amides is 3. The fourth-order valence-corrected chi connectivity index (χ4v) is 5.24. The number of aromatic nitrogens is 4. The Kier molecular flexibility index (Phi) is 8.50. The standard InChI is InChI=1S/C31H31F3N8O3/c1-40-12-14-41(15-13-40)29(43)22-4-8-24(9-5-22)37-30(44)36-23-6-2-21(3-7-23)27-38-26(20-10-16-45-17-11-20)25-18-35-42(28(25)39-27)19-31(32,33)34/h2-10,18H,11-17,19H2,1H3,(H2,36,37,44). The van der Waals surface area contributed by atoms with E-state index in [0.29, 0.717) is 66.3 Å². The molecule has 0 aliphatic carbocycles. The largest absolute Gasteiger partial charge is 0.408 e. The van der Waals surface area contributed by atoms with Crippen LogP contribution in [0.3, 0.4) is 0 Å². The van der Waals surface area contributed by atoms with E-state index in [2.05, 4.69) is 25.6 Å². The van der Waals surface area contributed by atoms with Crippen LogP contribution in [0.15, 0.2) is 60.8 Å². The first-order valence-electron chi connectivity index (χ1n) is 14.5. The van der Waals surface area contributed by atoms with Gasteiger partial charge in [-0.05, 0) is 67.6 Å². The monoisotopic (exact) mass is 620 g/mol. The van der Waals surface area contributed by atoms with E-state index in [0.717, 1.165) is 23.3 Å². The Balaban J connectivity index is 1.15. The number of halogens is 3. The van der Waals surface area contributed by atoms with Gasteiger partial charge in [0.05, 0.1) is 30.5 Å². The molecule has 2 aromatic heterocycles. The molecule has 1 fully saturated rings. The number of alkyl halides is 3. The number of ether oxygens (including phenoxy) is 1. The van der Waals surface area contributed by atoms with Gasteiger partial charge in [0.2, 0.25) is 0 Å². The first-order valence-corrected chi connectivity index (χ1v) is 14.5. The Hall–Kier alpha value is -4.82. The van der Waals surface area contributed by atoms with Crippen molar-refractivity contribution in [3.63, 3.8) is 0 Å². The number of nitrogens with one attached hydrogen (secondary N) is 2. The molecule has 0 saturated carbocycles. The molecule has 0 unspecified atom stereocenters. The number of nitrogens with zero attached hydrogens (tertiary/aromatic N) is 6. The van der Waals surface area contributed by atoms with Crippen LogP contribution in [0, 0.1) is 0 Å². The molecule has 4 heterocycles. The zero-order valence-electron chi connectivity index (χ0n) is 24.5. The molecule has 45 heavy (non-hydrogen) atoms. The smallest absolute Gasteiger partial charge is 0.377 e. The third-order valence-electron chi connectivity index (χ3n) is 7.67. The van der Waals surface area contributed by atoms with Crippen LogP contribution in [-0.2, 0) is 11.3 Å². The number of piperazine rings is 1. The lowest BCUT2D eigenvalue weighted by atomic mass is 10.0. The molecule has 0 radical (unpaired) electrons. The number of benzene rings is 2. The summed E-state index contributed by atoms with van der Waals surface area (Å²) < 4.78 is 46.0. The van der Waals surface area contributed by atoms with Gasteiger partial charge in [0.25, 0.3) is 5.91 Å². The molecule has 11 nitrogen and oxygen atoms in total. The van der Waals surface area contributed by atoms with Gasteiger partial charge in [-0.25, -0.2) is 19.4 Å². The number of hydrogen-bond acceptors (Lipinski definition) is 7. The summed E-state index contributed by atoms with van der Waals surface area (Å²) in [6, 6.07) is 12.9. The molecule has 3 amide bonds. The van der Waals surface area contributed by atoms with Crippen LogP contribution in [0.25, 0.3) is 28.0 Å². The Morgan fingerprint density at radius 3 is 2.22 bits per heavy atom. The average molecular weight is 621 g/mol. The minimum Gasteiger partial charge on any atom is -0.377 e. The number of carbonyl (C=O) groups is 2. The first kappa shape index (κ1) is 30.2. The van der Waals surface area contributed by atoms with Crippen molar-refractivity contribution < 1.29 is 27.5 Å². The van der Waals surface area contributed by atoms with Crippen LogP contribution in [0.4, 0.5) is 29.3 Å². The highest BCUT2D eigenvalue weighted by Crippen LogP contribution is 2.31. The Bertz CT molecular complexity index is 1730. The molecule has 234 valence electrons. The van der Waals surface area contributed by atoms with Gasteiger partial charge in [0.1, 0.15) is 6.54 Å². The first-order chi connectivity index (χ1) is 21.6. The number of likely N-dealkylation sites (N-methyl/N-ethyl adjacent to an activating group) is 1. The van der Waals surface area contributed by atoms with Crippen LogP contribution in [0.5, 0.6) is 0 Å². The number of urea groups is 1. The molecule has 0 atom stereocenters. The summed E-state index contributed by atoms with van der Waals surface area (Å²) in [4.78, 5) is 38.6. The van der Waals surface area contributed by atoms with E-state index >= 15 is 0 Å². The van der Waals surface area contributed by atoms with Crippen LogP contribution < -0.4 is 10.6 Å². The van der Waals surface area contributed by atoms with Gasteiger partial charge in [-0.15, -0.1) is 0 Å². The van der Waals surface area contributed by atoms with Crippen molar-refractivity contribution in [3.05, 3.63) is 72.1 Å². The van der Waals surface area contributed by atoms with Crippen molar-refractivity contribution in [2.45, 2.75) is 19.1 Å². The quantitative estimate of drug-likeness (QED) is 0.315. The van der Waals surface area contributed by atoms with Gasteiger partial charge in [0, 0.05) is 48.7 Å². The second kappa shape index (κ2) is 12.7. The summed E-state index contributed by atoms with van der Waals surface area (Å²) in [5.41, 5.74) is 3.56. The second-order valence-corrected chi connectivity index (χ2v) is 10.9. The Morgan fingerprint density at radius 2 is 1.60 bits per heavy atom. The normalized spacial score (nSPS) is 16.0. The fraction of sp³-hybridized carbons (Fsp3) is 0.323. The minimum absolute atomic E-state index is 0.0382. The second-order valence-electron chi connectivity index (χ2n) is 10.9. The molecule has 2 N–H and O–H groups in total. The molecule has 14 heteroatoms. The lowest BCUT2D eigenvalue weighted by Crippen LogP contribution is -2.47. The fourth-order valence-electron chi connectivity index (χ4n) is 5.24. The highest BCUT2D eigenvalue weighted by atomic mass is 19.4. The summed E-state index contributed by atoms with van der Waals surface area (Å²) in [7, 11) is 2.03. The number of rotatable bonds is 6. The maximum atomic E-state index is 13.3. The lowest BCUT2D eigenvalue weighted by molar-refractivity contribution is -0.141.